The number of carbonyl (C=O) groups is 1. The first-order valence-corrected chi connectivity index (χ1v) is 9.57. The quantitative estimate of drug-likeness (QED) is 0.304. The lowest BCUT2D eigenvalue weighted by Crippen LogP contribution is -2.07. The molecular weight excluding hydrogens is 396 g/mol. The molecule has 0 radical (unpaired) electrons. The maximum atomic E-state index is 12.3. The summed E-state index contributed by atoms with van der Waals surface area (Å²) in [6, 6.07) is 11.5. The average molecular weight is 414 g/mol. The van der Waals surface area contributed by atoms with Crippen LogP contribution in [0.3, 0.4) is 0 Å². The van der Waals surface area contributed by atoms with Crippen molar-refractivity contribution in [3.63, 3.8) is 0 Å². The van der Waals surface area contributed by atoms with E-state index in [-0.39, 0.29) is 30.2 Å². The third kappa shape index (κ3) is 4.88. The van der Waals surface area contributed by atoms with E-state index in [9.17, 15) is 14.9 Å². The molecule has 150 valence electrons. The van der Waals surface area contributed by atoms with Gasteiger partial charge in [0.2, 0.25) is 0 Å². The van der Waals surface area contributed by atoms with E-state index in [1.54, 1.807) is 19.4 Å². The Bertz CT molecular complexity index is 1020. The van der Waals surface area contributed by atoms with Crippen molar-refractivity contribution in [3.05, 3.63) is 69.2 Å². The molecule has 0 saturated carbocycles. The third-order valence-corrected chi connectivity index (χ3v) is 4.87. The summed E-state index contributed by atoms with van der Waals surface area (Å²) in [5.41, 5.74) is 1.31. The minimum Gasteiger partial charge on any atom is -0.497 e. The Morgan fingerprint density at radius 2 is 1.97 bits per heavy atom. The highest BCUT2D eigenvalue weighted by atomic mass is 32.1. The van der Waals surface area contributed by atoms with Gasteiger partial charge in [-0.15, -0.1) is 11.3 Å². The lowest BCUT2D eigenvalue weighted by Gasteiger charge is -2.06. The lowest BCUT2D eigenvalue weighted by atomic mass is 10.2. The van der Waals surface area contributed by atoms with Gasteiger partial charge in [0, 0.05) is 17.0 Å². The van der Waals surface area contributed by atoms with Crippen molar-refractivity contribution in [3.8, 4) is 22.1 Å². The van der Waals surface area contributed by atoms with Crippen LogP contribution in [0.2, 0.25) is 0 Å². The van der Waals surface area contributed by atoms with Gasteiger partial charge in [0.25, 0.3) is 0 Å². The fourth-order valence-corrected chi connectivity index (χ4v) is 3.34. The summed E-state index contributed by atoms with van der Waals surface area (Å²) in [6.07, 6.45) is 0. The number of aromatic nitrogens is 1. The minimum atomic E-state index is -0.671. The predicted octanol–water partition coefficient (Wildman–Crippen LogP) is 4.48. The van der Waals surface area contributed by atoms with Crippen LogP contribution in [0.25, 0.3) is 10.6 Å². The Labute approximate surface area is 170 Å². The van der Waals surface area contributed by atoms with Crippen LogP contribution in [0.1, 0.15) is 23.0 Å². The molecule has 0 aliphatic carbocycles. The first kappa shape index (κ1) is 20.3. The van der Waals surface area contributed by atoms with E-state index in [0.29, 0.717) is 5.69 Å². The predicted molar refractivity (Wildman–Crippen MR) is 107 cm³/mol. The number of thiazole rings is 1. The molecule has 0 aliphatic rings. The van der Waals surface area contributed by atoms with Crippen molar-refractivity contribution in [1.29, 1.82) is 0 Å². The summed E-state index contributed by atoms with van der Waals surface area (Å²) in [5.74, 6) is 0.191. The fourth-order valence-electron chi connectivity index (χ4n) is 2.53. The van der Waals surface area contributed by atoms with E-state index in [4.69, 9.17) is 14.2 Å². The van der Waals surface area contributed by atoms with Crippen LogP contribution in [0.4, 0.5) is 5.69 Å². The van der Waals surface area contributed by atoms with Crippen LogP contribution in [-0.2, 0) is 11.3 Å². The molecule has 0 saturated heterocycles. The molecule has 0 amide bonds. The highest BCUT2D eigenvalue weighted by Gasteiger charge is 2.19. The minimum absolute atomic E-state index is 0.0352. The number of hydrogen-bond donors (Lipinski definition) is 0. The van der Waals surface area contributed by atoms with Gasteiger partial charge >= 0.3 is 11.7 Å². The molecule has 0 fully saturated rings. The van der Waals surface area contributed by atoms with Crippen LogP contribution in [0.15, 0.2) is 47.8 Å². The normalized spacial score (nSPS) is 10.4. The standard InChI is InChI=1S/C20H18N2O6S/c1-3-27-18-9-6-14(10-17(18)22(24)25)20(23)28-11-15-12-29-19(21-15)13-4-7-16(26-2)8-5-13/h4-10,12H,3,11H2,1-2H3. The number of methoxy groups -OCH3 is 1. The molecule has 0 aliphatic heterocycles. The third-order valence-electron chi connectivity index (χ3n) is 3.93. The van der Waals surface area contributed by atoms with E-state index in [0.717, 1.165) is 22.4 Å². The number of nitrogens with zero attached hydrogens (tertiary/aromatic N) is 2. The number of nitro benzene ring substituents is 1. The van der Waals surface area contributed by atoms with Gasteiger partial charge in [0.05, 0.1) is 29.9 Å². The Balaban J connectivity index is 1.67. The van der Waals surface area contributed by atoms with E-state index in [1.807, 2.05) is 24.3 Å². The monoisotopic (exact) mass is 414 g/mol. The Hall–Kier alpha value is -3.46. The molecule has 3 aromatic rings. The van der Waals surface area contributed by atoms with Crippen molar-refractivity contribution < 1.29 is 23.9 Å². The molecule has 0 spiro atoms. The summed E-state index contributed by atoms with van der Waals surface area (Å²) in [5, 5.41) is 13.8. The van der Waals surface area contributed by atoms with Crippen molar-refractivity contribution in [2.75, 3.05) is 13.7 Å². The number of benzene rings is 2. The van der Waals surface area contributed by atoms with Gasteiger partial charge in [0.1, 0.15) is 17.4 Å². The number of carbonyl (C=O) groups excluding carboxylic acids is 1. The second-order valence-electron chi connectivity index (χ2n) is 5.82. The number of esters is 1. The molecule has 8 nitrogen and oxygen atoms in total. The van der Waals surface area contributed by atoms with Crippen LogP contribution in [0, 0.1) is 10.1 Å². The molecule has 0 unspecified atom stereocenters. The van der Waals surface area contributed by atoms with Gasteiger partial charge in [-0.25, -0.2) is 9.78 Å². The Morgan fingerprint density at radius 3 is 2.62 bits per heavy atom. The molecule has 1 aromatic heterocycles. The summed E-state index contributed by atoms with van der Waals surface area (Å²) in [4.78, 5) is 27.3. The summed E-state index contributed by atoms with van der Waals surface area (Å²) in [6.45, 7) is 1.97. The van der Waals surface area contributed by atoms with Crippen LogP contribution >= 0.6 is 11.3 Å². The molecule has 0 bridgehead atoms. The first-order valence-electron chi connectivity index (χ1n) is 8.69. The number of rotatable bonds is 8. The number of ether oxygens (including phenoxy) is 3. The first-order chi connectivity index (χ1) is 14.0. The second kappa shape index (κ2) is 9.16. The molecular formula is C20H18N2O6S. The fraction of sp³-hybridized carbons (Fsp3) is 0.200. The van der Waals surface area contributed by atoms with Gasteiger partial charge in [-0.2, -0.15) is 0 Å². The van der Waals surface area contributed by atoms with Crippen molar-refractivity contribution in [2.24, 2.45) is 0 Å². The second-order valence-corrected chi connectivity index (χ2v) is 6.68. The van der Waals surface area contributed by atoms with Gasteiger partial charge in [-0.1, -0.05) is 0 Å². The van der Waals surface area contributed by atoms with Gasteiger partial charge in [-0.3, -0.25) is 10.1 Å². The van der Waals surface area contributed by atoms with Gasteiger partial charge in [-0.05, 0) is 43.3 Å². The molecule has 1 heterocycles. The zero-order valence-electron chi connectivity index (χ0n) is 15.8. The van der Waals surface area contributed by atoms with Gasteiger partial charge in [0.15, 0.2) is 5.75 Å². The van der Waals surface area contributed by atoms with Crippen molar-refractivity contribution in [2.45, 2.75) is 13.5 Å². The van der Waals surface area contributed by atoms with Crippen LogP contribution in [0.5, 0.6) is 11.5 Å². The molecule has 0 N–H and O–H groups in total. The van der Waals surface area contributed by atoms with Crippen LogP contribution in [-0.4, -0.2) is 29.6 Å². The Morgan fingerprint density at radius 1 is 1.21 bits per heavy atom. The molecule has 0 atom stereocenters. The summed E-state index contributed by atoms with van der Waals surface area (Å²) < 4.78 is 15.6. The zero-order valence-corrected chi connectivity index (χ0v) is 16.6. The van der Waals surface area contributed by atoms with Crippen molar-refractivity contribution in [1.82, 2.24) is 4.98 Å². The largest absolute Gasteiger partial charge is 0.497 e. The molecule has 3 rings (SSSR count). The van der Waals surface area contributed by atoms with E-state index in [1.165, 1.54) is 23.5 Å². The zero-order chi connectivity index (χ0) is 20.8. The Kier molecular flexibility index (Phi) is 6.40. The maximum Gasteiger partial charge on any atom is 0.338 e. The van der Waals surface area contributed by atoms with E-state index in [2.05, 4.69) is 4.98 Å². The molecule has 29 heavy (non-hydrogen) atoms. The topological polar surface area (TPSA) is 101 Å². The molecule has 2 aromatic carbocycles. The number of hydrogen-bond acceptors (Lipinski definition) is 8. The average Bonchev–Trinajstić information content (AvgIpc) is 3.21. The summed E-state index contributed by atoms with van der Waals surface area (Å²) >= 11 is 1.43. The van der Waals surface area contributed by atoms with Crippen molar-refractivity contribution >= 4 is 23.0 Å². The maximum absolute atomic E-state index is 12.3. The highest BCUT2D eigenvalue weighted by molar-refractivity contribution is 7.13. The van der Waals surface area contributed by atoms with E-state index >= 15 is 0 Å². The smallest absolute Gasteiger partial charge is 0.338 e. The lowest BCUT2D eigenvalue weighted by molar-refractivity contribution is -0.385. The summed E-state index contributed by atoms with van der Waals surface area (Å²) in [7, 11) is 1.60. The highest BCUT2D eigenvalue weighted by Crippen LogP contribution is 2.29. The van der Waals surface area contributed by atoms with E-state index < -0.39 is 10.9 Å². The SMILES string of the molecule is CCOc1ccc(C(=O)OCc2csc(-c3ccc(OC)cc3)n2)cc1[N+](=O)[O-]. The van der Waals surface area contributed by atoms with Gasteiger partial charge < -0.3 is 14.2 Å². The molecule has 9 heteroatoms. The van der Waals surface area contributed by atoms with Crippen LogP contribution < -0.4 is 9.47 Å². The number of nitro groups is 1.